The van der Waals surface area contributed by atoms with Gasteiger partial charge in [-0.25, -0.2) is 4.79 Å². The van der Waals surface area contributed by atoms with Crippen LogP contribution in [0.2, 0.25) is 0 Å². The fourth-order valence-corrected chi connectivity index (χ4v) is 2.10. The number of carboxylic acid groups (broad SMARTS) is 1. The lowest BCUT2D eigenvalue weighted by Gasteiger charge is -2.18. The summed E-state index contributed by atoms with van der Waals surface area (Å²) in [5.41, 5.74) is 3.84. The Morgan fingerprint density at radius 1 is 1.25 bits per heavy atom. The number of hydrogen-bond donors (Lipinski definition) is 2. The second kappa shape index (κ2) is 5.69. The molecule has 0 saturated carbocycles. The molecule has 1 aromatic heterocycles. The van der Waals surface area contributed by atoms with Gasteiger partial charge in [0.2, 0.25) is 0 Å². The standard InChI is InChI=1S/C15H17N3O2/c1-9-8-12(15(19)20)4-5-13(9)18-11(3)14-10(2)16-6-7-17-14/h4-8,11,18H,1-3H3,(H,19,20). The van der Waals surface area contributed by atoms with E-state index in [1.807, 2.05) is 20.8 Å². The molecule has 20 heavy (non-hydrogen) atoms. The molecule has 0 radical (unpaired) electrons. The van der Waals surface area contributed by atoms with E-state index in [0.717, 1.165) is 22.6 Å². The largest absolute Gasteiger partial charge is 0.478 e. The van der Waals surface area contributed by atoms with Crippen molar-refractivity contribution >= 4 is 11.7 Å². The van der Waals surface area contributed by atoms with Crippen LogP contribution in [0.4, 0.5) is 5.69 Å². The average molecular weight is 271 g/mol. The monoisotopic (exact) mass is 271 g/mol. The number of carboxylic acids is 1. The maximum absolute atomic E-state index is 10.9. The molecule has 0 saturated heterocycles. The molecule has 0 bridgehead atoms. The highest BCUT2D eigenvalue weighted by atomic mass is 16.4. The van der Waals surface area contributed by atoms with Crippen molar-refractivity contribution in [2.45, 2.75) is 26.8 Å². The molecule has 0 amide bonds. The normalized spacial score (nSPS) is 11.9. The number of hydrogen-bond acceptors (Lipinski definition) is 4. The van der Waals surface area contributed by atoms with E-state index in [9.17, 15) is 4.79 Å². The van der Waals surface area contributed by atoms with E-state index in [-0.39, 0.29) is 11.6 Å². The molecule has 0 aliphatic heterocycles. The lowest BCUT2D eigenvalue weighted by atomic mass is 10.1. The molecule has 0 aliphatic rings. The Morgan fingerprint density at radius 2 is 1.95 bits per heavy atom. The molecule has 0 fully saturated rings. The van der Waals surface area contributed by atoms with E-state index in [0.29, 0.717) is 0 Å². The van der Waals surface area contributed by atoms with Crippen LogP contribution in [0.15, 0.2) is 30.6 Å². The molecular weight excluding hydrogens is 254 g/mol. The maximum Gasteiger partial charge on any atom is 0.335 e. The van der Waals surface area contributed by atoms with Crippen molar-refractivity contribution in [1.29, 1.82) is 0 Å². The fourth-order valence-electron chi connectivity index (χ4n) is 2.10. The number of aromatic carboxylic acids is 1. The van der Waals surface area contributed by atoms with Crippen LogP contribution in [-0.2, 0) is 0 Å². The predicted molar refractivity (Wildman–Crippen MR) is 76.9 cm³/mol. The van der Waals surface area contributed by atoms with Crippen molar-refractivity contribution in [3.63, 3.8) is 0 Å². The van der Waals surface area contributed by atoms with Crippen LogP contribution in [0.3, 0.4) is 0 Å². The molecule has 1 unspecified atom stereocenters. The molecular formula is C15H17N3O2. The molecule has 5 nitrogen and oxygen atoms in total. The highest BCUT2D eigenvalue weighted by molar-refractivity contribution is 5.88. The van der Waals surface area contributed by atoms with E-state index in [1.165, 1.54) is 0 Å². The second-order valence-electron chi connectivity index (χ2n) is 4.73. The first-order valence-electron chi connectivity index (χ1n) is 6.37. The van der Waals surface area contributed by atoms with Gasteiger partial charge in [-0.05, 0) is 44.5 Å². The molecule has 104 valence electrons. The molecule has 2 N–H and O–H groups in total. The van der Waals surface area contributed by atoms with Gasteiger partial charge in [0.05, 0.1) is 23.0 Å². The zero-order valence-corrected chi connectivity index (χ0v) is 11.7. The smallest absolute Gasteiger partial charge is 0.335 e. The molecule has 0 spiro atoms. The number of nitrogens with one attached hydrogen (secondary N) is 1. The van der Waals surface area contributed by atoms with Crippen molar-refractivity contribution in [3.05, 3.63) is 53.1 Å². The van der Waals surface area contributed by atoms with Crippen molar-refractivity contribution < 1.29 is 9.90 Å². The molecule has 2 rings (SSSR count). The molecule has 2 aromatic rings. The van der Waals surface area contributed by atoms with Crippen molar-refractivity contribution in [3.8, 4) is 0 Å². The van der Waals surface area contributed by atoms with Crippen LogP contribution in [0.25, 0.3) is 0 Å². The number of rotatable bonds is 4. The Hall–Kier alpha value is -2.43. The topological polar surface area (TPSA) is 75.1 Å². The summed E-state index contributed by atoms with van der Waals surface area (Å²) in [7, 11) is 0. The first kappa shape index (κ1) is 14.0. The summed E-state index contributed by atoms with van der Waals surface area (Å²) in [5, 5.41) is 12.3. The summed E-state index contributed by atoms with van der Waals surface area (Å²) >= 11 is 0. The number of aryl methyl sites for hydroxylation is 2. The van der Waals surface area contributed by atoms with Crippen LogP contribution in [0.1, 0.15) is 40.3 Å². The zero-order chi connectivity index (χ0) is 14.7. The van der Waals surface area contributed by atoms with Crippen molar-refractivity contribution in [2.75, 3.05) is 5.32 Å². The van der Waals surface area contributed by atoms with Crippen LogP contribution >= 0.6 is 0 Å². The van der Waals surface area contributed by atoms with E-state index in [2.05, 4.69) is 15.3 Å². The van der Waals surface area contributed by atoms with E-state index < -0.39 is 5.97 Å². The Labute approximate surface area is 117 Å². The zero-order valence-electron chi connectivity index (χ0n) is 11.7. The summed E-state index contributed by atoms with van der Waals surface area (Å²) in [6.07, 6.45) is 3.33. The van der Waals surface area contributed by atoms with Crippen LogP contribution in [-0.4, -0.2) is 21.0 Å². The first-order valence-corrected chi connectivity index (χ1v) is 6.37. The van der Waals surface area contributed by atoms with Gasteiger partial charge >= 0.3 is 5.97 Å². The second-order valence-corrected chi connectivity index (χ2v) is 4.73. The predicted octanol–water partition coefficient (Wildman–Crippen LogP) is 2.96. The summed E-state index contributed by atoms with van der Waals surface area (Å²) in [6, 6.07) is 5.02. The quantitative estimate of drug-likeness (QED) is 0.894. The minimum Gasteiger partial charge on any atom is -0.478 e. The number of nitrogens with zero attached hydrogens (tertiary/aromatic N) is 2. The van der Waals surface area contributed by atoms with Gasteiger partial charge in [0, 0.05) is 18.1 Å². The van der Waals surface area contributed by atoms with Gasteiger partial charge < -0.3 is 10.4 Å². The Balaban J connectivity index is 2.22. The van der Waals surface area contributed by atoms with Gasteiger partial charge in [-0.15, -0.1) is 0 Å². The summed E-state index contributed by atoms with van der Waals surface area (Å²) in [6.45, 7) is 5.80. The Bertz CT molecular complexity index is 641. The van der Waals surface area contributed by atoms with Crippen LogP contribution in [0, 0.1) is 13.8 Å². The summed E-state index contributed by atoms with van der Waals surface area (Å²) in [5.74, 6) is -0.919. The molecule has 0 aliphatic carbocycles. The number of aromatic nitrogens is 2. The van der Waals surface area contributed by atoms with E-state index >= 15 is 0 Å². The Morgan fingerprint density at radius 3 is 2.55 bits per heavy atom. The lowest BCUT2D eigenvalue weighted by Crippen LogP contribution is -2.12. The van der Waals surface area contributed by atoms with E-state index in [4.69, 9.17) is 5.11 Å². The Kier molecular flexibility index (Phi) is 3.98. The molecule has 1 atom stereocenters. The third kappa shape index (κ3) is 2.93. The molecule has 1 aromatic carbocycles. The third-order valence-electron chi connectivity index (χ3n) is 3.17. The minimum absolute atomic E-state index is 0.00178. The van der Waals surface area contributed by atoms with Gasteiger partial charge in [0.25, 0.3) is 0 Å². The van der Waals surface area contributed by atoms with Crippen molar-refractivity contribution in [1.82, 2.24) is 9.97 Å². The summed E-state index contributed by atoms with van der Waals surface area (Å²) < 4.78 is 0. The molecule has 5 heteroatoms. The van der Waals surface area contributed by atoms with Gasteiger partial charge in [-0.3, -0.25) is 9.97 Å². The highest BCUT2D eigenvalue weighted by Gasteiger charge is 2.12. The lowest BCUT2D eigenvalue weighted by molar-refractivity contribution is 0.0697. The third-order valence-corrected chi connectivity index (χ3v) is 3.17. The highest BCUT2D eigenvalue weighted by Crippen LogP contribution is 2.23. The number of anilines is 1. The molecule has 1 heterocycles. The average Bonchev–Trinajstić information content (AvgIpc) is 2.41. The maximum atomic E-state index is 10.9. The van der Waals surface area contributed by atoms with Gasteiger partial charge in [0.1, 0.15) is 0 Å². The van der Waals surface area contributed by atoms with Crippen molar-refractivity contribution in [2.24, 2.45) is 0 Å². The SMILES string of the molecule is Cc1cc(C(=O)O)ccc1NC(C)c1nccnc1C. The summed E-state index contributed by atoms with van der Waals surface area (Å²) in [4.78, 5) is 19.5. The van der Waals surface area contributed by atoms with Crippen LogP contribution < -0.4 is 5.32 Å². The van der Waals surface area contributed by atoms with Gasteiger partial charge in [-0.1, -0.05) is 0 Å². The minimum atomic E-state index is -0.919. The van der Waals surface area contributed by atoms with E-state index in [1.54, 1.807) is 30.6 Å². The van der Waals surface area contributed by atoms with Gasteiger partial charge in [0.15, 0.2) is 0 Å². The van der Waals surface area contributed by atoms with Gasteiger partial charge in [-0.2, -0.15) is 0 Å². The number of benzene rings is 1. The number of carbonyl (C=O) groups is 1. The first-order chi connectivity index (χ1) is 9.49. The van der Waals surface area contributed by atoms with Crippen LogP contribution in [0.5, 0.6) is 0 Å². The fraction of sp³-hybridized carbons (Fsp3) is 0.267.